The number of benzene rings is 3. The van der Waals surface area contributed by atoms with Crippen molar-refractivity contribution in [3.05, 3.63) is 89.5 Å². The standard InChI is InChI=1S/C21H18F2N2O4S2/c22-17-11-18(23)13-21(12-17)30(26,27)24-19-7-6-15-8-9-25(14-16(15)10-19)31(28,29)20-4-2-1-3-5-20/h1-7,10-13,24H,8-9,14H2. The van der Waals surface area contributed by atoms with Crippen LogP contribution in [0.2, 0.25) is 0 Å². The van der Waals surface area contributed by atoms with Crippen molar-refractivity contribution in [1.82, 2.24) is 4.31 Å². The molecule has 0 bridgehead atoms. The van der Waals surface area contributed by atoms with Crippen LogP contribution in [-0.4, -0.2) is 27.7 Å². The largest absolute Gasteiger partial charge is 0.280 e. The minimum atomic E-state index is -4.23. The summed E-state index contributed by atoms with van der Waals surface area (Å²) in [5.74, 6) is -2.01. The first kappa shape index (κ1) is 21.4. The maximum absolute atomic E-state index is 13.4. The van der Waals surface area contributed by atoms with Gasteiger partial charge in [0.15, 0.2) is 0 Å². The molecule has 0 aliphatic carbocycles. The summed E-state index contributed by atoms with van der Waals surface area (Å²) < 4.78 is 81.3. The molecule has 10 heteroatoms. The fraction of sp³-hybridized carbons (Fsp3) is 0.143. The fourth-order valence-electron chi connectivity index (χ4n) is 3.44. The molecular formula is C21H18F2N2O4S2. The first-order valence-corrected chi connectivity index (χ1v) is 12.2. The predicted molar refractivity (Wildman–Crippen MR) is 111 cm³/mol. The van der Waals surface area contributed by atoms with E-state index in [-0.39, 0.29) is 17.1 Å². The van der Waals surface area contributed by atoms with Crippen molar-refractivity contribution in [2.24, 2.45) is 0 Å². The van der Waals surface area contributed by atoms with Gasteiger partial charge in [-0.3, -0.25) is 4.72 Å². The molecule has 1 aliphatic rings. The van der Waals surface area contributed by atoms with Crippen LogP contribution >= 0.6 is 0 Å². The summed E-state index contributed by atoms with van der Waals surface area (Å²) in [6, 6.07) is 14.9. The van der Waals surface area contributed by atoms with Gasteiger partial charge in [-0.15, -0.1) is 0 Å². The second kappa shape index (κ2) is 8.03. The van der Waals surface area contributed by atoms with Gasteiger partial charge in [0.25, 0.3) is 10.0 Å². The summed E-state index contributed by atoms with van der Waals surface area (Å²) in [5, 5.41) is 0. The number of hydrogen-bond acceptors (Lipinski definition) is 4. The molecule has 0 atom stereocenters. The molecule has 0 saturated carbocycles. The Morgan fingerprint density at radius 3 is 2.13 bits per heavy atom. The van der Waals surface area contributed by atoms with Crippen LogP contribution in [0.25, 0.3) is 0 Å². The minimum Gasteiger partial charge on any atom is -0.280 e. The van der Waals surface area contributed by atoms with Crippen molar-refractivity contribution in [2.45, 2.75) is 22.8 Å². The number of anilines is 1. The lowest BCUT2D eigenvalue weighted by atomic mass is 10.0. The van der Waals surface area contributed by atoms with Crippen LogP contribution < -0.4 is 4.72 Å². The molecule has 0 fully saturated rings. The summed E-state index contributed by atoms with van der Waals surface area (Å²) in [7, 11) is -7.93. The molecule has 31 heavy (non-hydrogen) atoms. The molecule has 0 unspecified atom stereocenters. The molecular weight excluding hydrogens is 446 g/mol. The van der Waals surface area contributed by atoms with Crippen molar-refractivity contribution in [3.63, 3.8) is 0 Å². The van der Waals surface area contributed by atoms with E-state index in [9.17, 15) is 25.6 Å². The van der Waals surface area contributed by atoms with Crippen molar-refractivity contribution in [3.8, 4) is 0 Å². The Hall–Kier alpha value is -2.82. The quantitative estimate of drug-likeness (QED) is 0.626. The van der Waals surface area contributed by atoms with Gasteiger partial charge >= 0.3 is 0 Å². The highest BCUT2D eigenvalue weighted by atomic mass is 32.2. The van der Waals surface area contributed by atoms with E-state index in [2.05, 4.69) is 4.72 Å². The van der Waals surface area contributed by atoms with Crippen LogP contribution in [-0.2, 0) is 33.0 Å². The molecule has 0 radical (unpaired) electrons. The van der Waals surface area contributed by atoms with E-state index in [1.165, 1.54) is 28.6 Å². The second-order valence-corrected chi connectivity index (χ2v) is 10.7. The number of rotatable bonds is 5. The molecule has 4 rings (SSSR count). The molecule has 6 nitrogen and oxygen atoms in total. The van der Waals surface area contributed by atoms with Gasteiger partial charge in [-0.25, -0.2) is 25.6 Å². The summed E-state index contributed by atoms with van der Waals surface area (Å²) in [5.41, 5.74) is 1.72. The lowest BCUT2D eigenvalue weighted by molar-refractivity contribution is 0.391. The van der Waals surface area contributed by atoms with E-state index < -0.39 is 36.6 Å². The molecule has 3 aromatic rings. The van der Waals surface area contributed by atoms with Crippen molar-refractivity contribution < 1.29 is 25.6 Å². The van der Waals surface area contributed by atoms with Crippen LogP contribution in [0.15, 0.2) is 76.5 Å². The van der Waals surface area contributed by atoms with Gasteiger partial charge in [0.2, 0.25) is 10.0 Å². The predicted octanol–water partition coefficient (Wildman–Crippen LogP) is 3.51. The first-order valence-electron chi connectivity index (χ1n) is 9.31. The molecule has 0 amide bonds. The zero-order valence-electron chi connectivity index (χ0n) is 16.1. The molecule has 1 heterocycles. The van der Waals surface area contributed by atoms with Crippen LogP contribution in [0.4, 0.5) is 14.5 Å². The summed E-state index contributed by atoms with van der Waals surface area (Å²) in [6.07, 6.45) is 0.476. The van der Waals surface area contributed by atoms with Gasteiger partial charge in [0.1, 0.15) is 11.6 Å². The number of hydrogen-bond donors (Lipinski definition) is 1. The Morgan fingerprint density at radius 2 is 1.45 bits per heavy atom. The lowest BCUT2D eigenvalue weighted by Gasteiger charge is -2.28. The van der Waals surface area contributed by atoms with Crippen molar-refractivity contribution in [1.29, 1.82) is 0 Å². The van der Waals surface area contributed by atoms with Crippen molar-refractivity contribution >= 4 is 25.7 Å². The first-order chi connectivity index (χ1) is 14.6. The Kier molecular flexibility index (Phi) is 5.54. The highest BCUT2D eigenvalue weighted by Crippen LogP contribution is 2.28. The maximum Gasteiger partial charge on any atom is 0.262 e. The summed E-state index contributed by atoms with van der Waals surface area (Å²) in [6.45, 7) is 0.384. The van der Waals surface area contributed by atoms with E-state index >= 15 is 0 Å². The van der Waals surface area contributed by atoms with E-state index in [0.717, 1.165) is 17.7 Å². The Labute approximate surface area is 179 Å². The number of nitrogens with one attached hydrogen (secondary N) is 1. The zero-order valence-corrected chi connectivity index (χ0v) is 17.8. The molecule has 0 aromatic heterocycles. The third-order valence-corrected chi connectivity index (χ3v) is 8.18. The number of fused-ring (bicyclic) bond motifs is 1. The number of sulfonamides is 2. The lowest BCUT2D eigenvalue weighted by Crippen LogP contribution is -2.36. The normalized spacial score (nSPS) is 14.8. The minimum absolute atomic E-state index is 0.0801. The van der Waals surface area contributed by atoms with E-state index in [4.69, 9.17) is 0 Å². The van der Waals surface area contributed by atoms with Gasteiger partial charge in [0.05, 0.1) is 9.79 Å². The number of nitrogens with zero attached hydrogens (tertiary/aromatic N) is 1. The second-order valence-electron chi connectivity index (χ2n) is 7.10. The zero-order chi connectivity index (χ0) is 22.2. The number of halogens is 2. The Bertz CT molecular complexity index is 1320. The highest BCUT2D eigenvalue weighted by molar-refractivity contribution is 7.92. The topological polar surface area (TPSA) is 83.6 Å². The van der Waals surface area contributed by atoms with Gasteiger partial charge in [-0.1, -0.05) is 24.3 Å². The van der Waals surface area contributed by atoms with E-state index in [0.29, 0.717) is 24.6 Å². The molecule has 3 aromatic carbocycles. The van der Waals surface area contributed by atoms with Gasteiger partial charge in [0, 0.05) is 24.8 Å². The van der Waals surface area contributed by atoms with Crippen LogP contribution in [0, 0.1) is 11.6 Å². The molecule has 162 valence electrons. The smallest absolute Gasteiger partial charge is 0.262 e. The van der Waals surface area contributed by atoms with Gasteiger partial charge in [-0.2, -0.15) is 4.31 Å². The van der Waals surface area contributed by atoms with Crippen molar-refractivity contribution in [2.75, 3.05) is 11.3 Å². The average Bonchev–Trinajstić information content (AvgIpc) is 2.73. The van der Waals surface area contributed by atoms with E-state index in [1.807, 2.05) is 0 Å². The Morgan fingerprint density at radius 1 is 0.774 bits per heavy atom. The molecule has 0 saturated heterocycles. The SMILES string of the molecule is O=S(=O)(Nc1ccc2c(c1)CN(S(=O)(=O)c1ccccc1)CC2)c1cc(F)cc(F)c1. The van der Waals surface area contributed by atoms with Crippen LogP contribution in [0.5, 0.6) is 0 Å². The third-order valence-electron chi connectivity index (χ3n) is 4.96. The maximum atomic E-state index is 13.4. The summed E-state index contributed by atoms with van der Waals surface area (Å²) in [4.78, 5) is -0.362. The molecule has 1 N–H and O–H groups in total. The molecule has 0 spiro atoms. The molecule has 1 aliphatic heterocycles. The van der Waals surface area contributed by atoms with Gasteiger partial charge < -0.3 is 0 Å². The Balaban J connectivity index is 1.60. The van der Waals surface area contributed by atoms with Gasteiger partial charge in [-0.05, 0) is 53.9 Å². The summed E-state index contributed by atoms with van der Waals surface area (Å²) >= 11 is 0. The fourth-order valence-corrected chi connectivity index (χ4v) is 5.97. The highest BCUT2D eigenvalue weighted by Gasteiger charge is 2.28. The van der Waals surface area contributed by atoms with Crippen LogP contribution in [0.1, 0.15) is 11.1 Å². The van der Waals surface area contributed by atoms with E-state index in [1.54, 1.807) is 24.3 Å². The third kappa shape index (κ3) is 4.46. The monoisotopic (exact) mass is 464 g/mol. The van der Waals surface area contributed by atoms with Crippen LogP contribution in [0.3, 0.4) is 0 Å². The average molecular weight is 465 g/mol.